The number of benzene rings is 2. The van der Waals surface area contributed by atoms with Crippen LogP contribution in [-0.4, -0.2) is 41.1 Å². The van der Waals surface area contributed by atoms with Gasteiger partial charge in [-0.1, -0.05) is 0 Å². The molecule has 142 valence electrons. The molecule has 4 N–H and O–H groups in total. The number of thiazole rings is 1. The van der Waals surface area contributed by atoms with Gasteiger partial charge in [0.05, 0.1) is 10.3 Å². The third kappa shape index (κ3) is 3.74. The summed E-state index contributed by atoms with van der Waals surface area (Å²) in [6, 6.07) is 2.24. The van der Waals surface area contributed by atoms with E-state index in [9.17, 15) is 31.6 Å². The van der Waals surface area contributed by atoms with E-state index in [4.69, 9.17) is 4.55 Å². The van der Waals surface area contributed by atoms with Gasteiger partial charge in [-0.05, 0) is 17.5 Å². The van der Waals surface area contributed by atoms with E-state index in [1.54, 1.807) is 5.38 Å². The van der Waals surface area contributed by atoms with Crippen LogP contribution in [-0.2, 0) is 20.2 Å². The van der Waals surface area contributed by atoms with E-state index in [-0.39, 0.29) is 15.9 Å². The predicted molar refractivity (Wildman–Crippen MR) is 93.2 cm³/mol. The van der Waals surface area contributed by atoms with Crippen molar-refractivity contribution in [1.82, 2.24) is 4.98 Å². The van der Waals surface area contributed by atoms with Gasteiger partial charge in [0.25, 0.3) is 20.2 Å². The topological polar surface area (TPSA) is 187 Å². The summed E-state index contributed by atoms with van der Waals surface area (Å²) in [4.78, 5) is 2.16. The summed E-state index contributed by atoms with van der Waals surface area (Å²) >= 11 is 1.06. The van der Waals surface area contributed by atoms with E-state index in [2.05, 4.69) is 15.2 Å². The third-order valence-electron chi connectivity index (χ3n) is 3.33. The van der Waals surface area contributed by atoms with Crippen LogP contribution >= 0.6 is 11.3 Å². The maximum absolute atomic E-state index is 11.7. The first-order valence-corrected chi connectivity index (χ1v) is 10.5. The van der Waals surface area contributed by atoms with Crippen molar-refractivity contribution in [3.63, 3.8) is 0 Å². The fourth-order valence-electron chi connectivity index (χ4n) is 2.24. The number of rotatable bonds is 4. The number of aromatic nitrogens is 1. The first-order valence-electron chi connectivity index (χ1n) is 6.77. The molecular weight excluding hydrogens is 422 g/mol. The van der Waals surface area contributed by atoms with Crippen molar-refractivity contribution in [2.24, 2.45) is 10.2 Å². The Hall–Kier alpha value is -2.65. The highest BCUT2D eigenvalue weighted by Crippen LogP contribution is 2.45. The van der Waals surface area contributed by atoms with Crippen LogP contribution in [0.4, 0.5) is 10.8 Å². The van der Waals surface area contributed by atoms with Crippen LogP contribution in [0.25, 0.3) is 10.8 Å². The number of phenols is 2. The molecular formula is C13H9N3O8S3. The molecule has 0 aliphatic heterocycles. The van der Waals surface area contributed by atoms with Gasteiger partial charge < -0.3 is 10.2 Å². The van der Waals surface area contributed by atoms with E-state index in [1.807, 2.05) is 0 Å². The number of aromatic hydroxyl groups is 2. The number of phenolic OH excluding ortho intramolecular Hbond substituents is 2. The molecule has 14 heteroatoms. The lowest BCUT2D eigenvalue weighted by atomic mass is 10.1. The maximum Gasteiger partial charge on any atom is 0.296 e. The summed E-state index contributed by atoms with van der Waals surface area (Å²) in [6.07, 6.45) is 1.41. The summed E-state index contributed by atoms with van der Waals surface area (Å²) in [5.41, 5.74) is -0.685. The molecule has 3 rings (SSSR count). The summed E-state index contributed by atoms with van der Waals surface area (Å²) in [5.74, 6) is -1.65. The number of azo groups is 1. The Bertz CT molecular complexity index is 1280. The third-order valence-corrected chi connectivity index (χ3v) is 5.69. The minimum Gasteiger partial charge on any atom is -0.507 e. The van der Waals surface area contributed by atoms with Gasteiger partial charge in [-0.2, -0.15) is 16.8 Å². The van der Waals surface area contributed by atoms with Crippen LogP contribution in [0.1, 0.15) is 0 Å². The molecule has 11 nitrogen and oxygen atoms in total. The Kier molecular flexibility index (Phi) is 4.61. The van der Waals surface area contributed by atoms with Crippen molar-refractivity contribution < 1.29 is 36.2 Å². The van der Waals surface area contributed by atoms with Crippen molar-refractivity contribution in [3.8, 4) is 11.5 Å². The molecule has 1 heterocycles. The lowest BCUT2D eigenvalue weighted by molar-refractivity contribution is 0.457. The fourth-order valence-corrected chi connectivity index (χ4v) is 3.89. The Morgan fingerprint density at radius 1 is 0.963 bits per heavy atom. The molecule has 27 heavy (non-hydrogen) atoms. The van der Waals surface area contributed by atoms with E-state index >= 15 is 0 Å². The molecule has 2 aromatic carbocycles. The molecule has 0 amide bonds. The molecule has 0 spiro atoms. The second-order valence-corrected chi connectivity index (χ2v) is 8.76. The molecule has 0 aliphatic rings. The van der Waals surface area contributed by atoms with Crippen molar-refractivity contribution in [3.05, 3.63) is 29.8 Å². The summed E-state index contributed by atoms with van der Waals surface area (Å²) in [6.45, 7) is 0. The first-order chi connectivity index (χ1) is 12.5. The summed E-state index contributed by atoms with van der Waals surface area (Å²) < 4.78 is 64.4. The quantitative estimate of drug-likeness (QED) is 0.355. The normalized spacial score (nSPS) is 12.8. The molecule has 0 atom stereocenters. The van der Waals surface area contributed by atoms with Gasteiger partial charge in [-0.3, -0.25) is 9.11 Å². The van der Waals surface area contributed by atoms with Crippen LogP contribution in [0.5, 0.6) is 11.5 Å². The Morgan fingerprint density at radius 2 is 1.67 bits per heavy atom. The molecule has 0 unspecified atom stereocenters. The highest BCUT2D eigenvalue weighted by molar-refractivity contribution is 7.86. The molecule has 3 aromatic rings. The van der Waals surface area contributed by atoms with E-state index in [0.717, 1.165) is 23.5 Å². The number of nitrogens with zero attached hydrogens (tertiary/aromatic N) is 3. The predicted octanol–water partition coefficient (Wildman–Crippen LogP) is 2.62. The molecule has 0 fully saturated rings. The lowest BCUT2D eigenvalue weighted by Crippen LogP contribution is -2.01. The van der Waals surface area contributed by atoms with Gasteiger partial charge in [0.15, 0.2) is 5.75 Å². The Labute approximate surface area is 155 Å². The zero-order valence-electron chi connectivity index (χ0n) is 12.9. The molecule has 0 saturated heterocycles. The lowest BCUT2D eigenvalue weighted by Gasteiger charge is -2.11. The zero-order chi connectivity index (χ0) is 20.0. The van der Waals surface area contributed by atoms with Gasteiger partial charge in [0, 0.05) is 17.6 Å². The second kappa shape index (κ2) is 6.50. The van der Waals surface area contributed by atoms with Crippen molar-refractivity contribution in [2.45, 2.75) is 9.79 Å². The van der Waals surface area contributed by atoms with Crippen LogP contribution in [0, 0.1) is 0 Å². The van der Waals surface area contributed by atoms with E-state index < -0.39 is 47.2 Å². The molecule has 0 aliphatic carbocycles. The summed E-state index contributed by atoms with van der Waals surface area (Å²) in [5, 5.41) is 28.7. The van der Waals surface area contributed by atoms with Crippen molar-refractivity contribution >= 4 is 53.2 Å². The van der Waals surface area contributed by atoms with E-state index in [1.165, 1.54) is 6.20 Å². The molecule has 1 aromatic heterocycles. The van der Waals surface area contributed by atoms with Gasteiger partial charge in [-0.15, -0.1) is 21.6 Å². The fraction of sp³-hybridized carbons (Fsp3) is 0. The van der Waals surface area contributed by atoms with Gasteiger partial charge >= 0.3 is 0 Å². The number of hydrogen-bond donors (Lipinski definition) is 4. The number of fused-ring (bicyclic) bond motifs is 1. The minimum absolute atomic E-state index is 0.127. The Morgan fingerprint density at radius 3 is 2.22 bits per heavy atom. The zero-order valence-corrected chi connectivity index (χ0v) is 15.3. The first kappa shape index (κ1) is 19.1. The number of hydrogen-bond acceptors (Lipinski definition) is 10. The van der Waals surface area contributed by atoms with Crippen LogP contribution in [0.15, 0.2) is 49.8 Å². The van der Waals surface area contributed by atoms with Gasteiger partial charge in [0.2, 0.25) is 5.13 Å². The smallest absolute Gasteiger partial charge is 0.296 e. The standard InChI is InChI=1S/C13H9N3O8S3/c17-8-5-7(26(19,20)21)3-6-4-9(27(22,23)24)11(12(18)10(6)8)15-16-13-14-1-2-25-13/h1-5,17-18H,(H,19,20,21)(H,22,23,24). The molecule has 0 bridgehead atoms. The average molecular weight is 431 g/mol. The SMILES string of the molecule is O=S(=O)(O)c1cc(O)c2c(O)c(N=Nc3nccs3)c(S(=O)(=O)O)cc2c1. The highest BCUT2D eigenvalue weighted by atomic mass is 32.2. The molecule has 0 radical (unpaired) electrons. The van der Waals surface area contributed by atoms with Crippen LogP contribution < -0.4 is 0 Å². The largest absolute Gasteiger partial charge is 0.507 e. The second-order valence-electron chi connectivity index (χ2n) is 5.08. The van der Waals surface area contributed by atoms with Crippen molar-refractivity contribution in [1.29, 1.82) is 0 Å². The molecule has 0 saturated carbocycles. The average Bonchev–Trinajstić information content (AvgIpc) is 3.04. The highest BCUT2D eigenvalue weighted by Gasteiger charge is 2.25. The maximum atomic E-state index is 11.7. The monoisotopic (exact) mass is 431 g/mol. The van der Waals surface area contributed by atoms with E-state index in [0.29, 0.717) is 6.07 Å². The van der Waals surface area contributed by atoms with Crippen LogP contribution in [0.3, 0.4) is 0 Å². The van der Waals surface area contributed by atoms with Crippen molar-refractivity contribution in [2.75, 3.05) is 0 Å². The van der Waals surface area contributed by atoms with Gasteiger partial charge in [-0.25, -0.2) is 4.98 Å². The summed E-state index contributed by atoms with van der Waals surface area (Å²) in [7, 11) is -9.65. The van der Waals surface area contributed by atoms with Gasteiger partial charge in [0.1, 0.15) is 16.3 Å². The Balaban J connectivity index is 2.38. The minimum atomic E-state index is -4.92. The van der Waals surface area contributed by atoms with Crippen LogP contribution in [0.2, 0.25) is 0 Å².